The van der Waals surface area contributed by atoms with Crippen molar-refractivity contribution >= 4 is 17.7 Å². The van der Waals surface area contributed by atoms with Gasteiger partial charge >= 0.3 is 11.9 Å². The lowest BCUT2D eigenvalue weighted by Gasteiger charge is -2.48. The van der Waals surface area contributed by atoms with Crippen LogP contribution in [0.1, 0.15) is 52.4 Å². The molecule has 0 unspecified atom stereocenters. The molecule has 0 spiro atoms. The van der Waals surface area contributed by atoms with E-state index in [4.69, 9.17) is 23.7 Å². The SMILES string of the molecule is CC(=O)O[C@H]1C[C@]2(CC3OCCO3)CCCCC(=O)[C@@H]2[C@H](OC(C)=O)O1. The Morgan fingerprint density at radius 2 is 1.81 bits per heavy atom. The zero-order valence-corrected chi connectivity index (χ0v) is 15.2. The molecule has 2 saturated heterocycles. The van der Waals surface area contributed by atoms with Gasteiger partial charge in [0.1, 0.15) is 5.78 Å². The average molecular weight is 370 g/mol. The van der Waals surface area contributed by atoms with Gasteiger partial charge in [0.15, 0.2) is 6.29 Å². The monoisotopic (exact) mass is 370 g/mol. The summed E-state index contributed by atoms with van der Waals surface area (Å²) in [5, 5.41) is 0. The number of carbonyl (C=O) groups is 3. The highest BCUT2D eigenvalue weighted by molar-refractivity contribution is 5.83. The summed E-state index contributed by atoms with van der Waals surface area (Å²) < 4.78 is 27.5. The van der Waals surface area contributed by atoms with E-state index in [1.165, 1.54) is 13.8 Å². The number of ether oxygens (including phenoxy) is 5. The topological polar surface area (TPSA) is 97.4 Å². The van der Waals surface area contributed by atoms with Crippen LogP contribution in [0.5, 0.6) is 0 Å². The molecule has 1 saturated carbocycles. The van der Waals surface area contributed by atoms with Gasteiger partial charge in [-0.15, -0.1) is 0 Å². The molecule has 0 bridgehead atoms. The molecule has 3 rings (SSSR count). The van der Waals surface area contributed by atoms with Crippen molar-refractivity contribution in [3.63, 3.8) is 0 Å². The maximum atomic E-state index is 12.9. The van der Waals surface area contributed by atoms with E-state index < -0.39 is 42.1 Å². The van der Waals surface area contributed by atoms with Gasteiger partial charge in [-0.2, -0.15) is 0 Å². The van der Waals surface area contributed by atoms with E-state index in [1.807, 2.05) is 0 Å². The van der Waals surface area contributed by atoms with E-state index in [1.54, 1.807) is 0 Å². The zero-order valence-electron chi connectivity index (χ0n) is 15.2. The van der Waals surface area contributed by atoms with Crippen molar-refractivity contribution < 1.29 is 38.1 Å². The molecule has 0 radical (unpaired) electrons. The van der Waals surface area contributed by atoms with Crippen molar-refractivity contribution in [3.05, 3.63) is 0 Å². The van der Waals surface area contributed by atoms with Crippen molar-refractivity contribution in [3.8, 4) is 0 Å². The maximum Gasteiger partial charge on any atom is 0.304 e. The molecule has 26 heavy (non-hydrogen) atoms. The van der Waals surface area contributed by atoms with Crippen LogP contribution in [0.25, 0.3) is 0 Å². The van der Waals surface area contributed by atoms with E-state index in [0.29, 0.717) is 32.5 Å². The summed E-state index contributed by atoms with van der Waals surface area (Å²) in [5.74, 6) is -1.64. The van der Waals surface area contributed by atoms with Gasteiger partial charge in [-0.05, 0) is 18.3 Å². The predicted octanol–water partition coefficient (Wildman–Crippen LogP) is 1.69. The molecule has 3 fully saturated rings. The normalized spacial score (nSPS) is 35.5. The van der Waals surface area contributed by atoms with Crippen molar-refractivity contribution in [1.82, 2.24) is 0 Å². The Kier molecular flexibility index (Phi) is 5.94. The van der Waals surface area contributed by atoms with Crippen LogP contribution in [0.15, 0.2) is 0 Å². The second kappa shape index (κ2) is 8.02. The second-order valence-corrected chi connectivity index (χ2v) is 7.25. The number of carbonyl (C=O) groups excluding carboxylic acids is 3. The fourth-order valence-electron chi connectivity index (χ4n) is 4.39. The Bertz CT molecular complexity index is 555. The minimum Gasteiger partial charge on any atom is -0.436 e. The lowest BCUT2D eigenvalue weighted by atomic mass is 9.65. The molecular weight excluding hydrogens is 344 g/mol. The Labute approximate surface area is 152 Å². The van der Waals surface area contributed by atoms with Crippen molar-refractivity contribution in [1.29, 1.82) is 0 Å². The Balaban J connectivity index is 1.93. The first-order valence-corrected chi connectivity index (χ1v) is 9.15. The molecule has 2 heterocycles. The molecule has 4 atom stereocenters. The lowest BCUT2D eigenvalue weighted by molar-refractivity contribution is -0.298. The Hall–Kier alpha value is -1.51. The fraction of sp³-hybridized carbons (Fsp3) is 0.833. The van der Waals surface area contributed by atoms with Gasteiger partial charge in [-0.1, -0.05) is 6.42 Å². The number of hydrogen-bond acceptors (Lipinski definition) is 8. The van der Waals surface area contributed by atoms with Gasteiger partial charge in [0, 0.05) is 33.1 Å². The summed E-state index contributed by atoms with van der Waals surface area (Å²) in [6, 6.07) is 0. The molecule has 8 heteroatoms. The molecule has 146 valence electrons. The third kappa shape index (κ3) is 4.24. The van der Waals surface area contributed by atoms with Gasteiger partial charge in [0.05, 0.1) is 19.1 Å². The fourth-order valence-corrected chi connectivity index (χ4v) is 4.39. The van der Waals surface area contributed by atoms with Gasteiger partial charge in [-0.3, -0.25) is 14.4 Å². The van der Waals surface area contributed by atoms with Gasteiger partial charge in [0.2, 0.25) is 12.6 Å². The van der Waals surface area contributed by atoms with Crippen molar-refractivity contribution in [2.45, 2.75) is 71.2 Å². The number of esters is 2. The zero-order chi connectivity index (χ0) is 18.7. The molecule has 0 aromatic rings. The second-order valence-electron chi connectivity index (χ2n) is 7.25. The quantitative estimate of drug-likeness (QED) is 0.690. The summed E-state index contributed by atoms with van der Waals surface area (Å²) in [7, 11) is 0. The third-order valence-electron chi connectivity index (χ3n) is 5.33. The first-order chi connectivity index (χ1) is 12.4. The number of hydrogen-bond donors (Lipinski definition) is 0. The van der Waals surface area contributed by atoms with Crippen LogP contribution in [0, 0.1) is 11.3 Å². The molecule has 0 N–H and O–H groups in total. The van der Waals surface area contributed by atoms with E-state index in [9.17, 15) is 14.4 Å². The minimum atomic E-state index is -1.07. The van der Waals surface area contributed by atoms with Crippen molar-refractivity contribution in [2.75, 3.05) is 13.2 Å². The molecule has 0 aromatic carbocycles. The molecule has 2 aliphatic heterocycles. The number of ketones is 1. The minimum absolute atomic E-state index is 0.00743. The molecular formula is C18H26O8. The van der Waals surface area contributed by atoms with E-state index in [2.05, 4.69) is 0 Å². The predicted molar refractivity (Wildman–Crippen MR) is 86.5 cm³/mol. The number of rotatable bonds is 4. The van der Waals surface area contributed by atoms with Crippen LogP contribution >= 0.6 is 0 Å². The van der Waals surface area contributed by atoms with Crippen LogP contribution in [0.4, 0.5) is 0 Å². The molecule has 8 nitrogen and oxygen atoms in total. The van der Waals surface area contributed by atoms with Crippen LogP contribution < -0.4 is 0 Å². The number of fused-ring (bicyclic) bond motifs is 1. The summed E-state index contributed by atoms with van der Waals surface area (Å²) >= 11 is 0. The van der Waals surface area contributed by atoms with E-state index >= 15 is 0 Å². The van der Waals surface area contributed by atoms with Crippen LogP contribution in [-0.4, -0.2) is 49.8 Å². The summed E-state index contributed by atoms with van der Waals surface area (Å²) in [5.41, 5.74) is -0.568. The van der Waals surface area contributed by atoms with Crippen LogP contribution in [-0.2, 0) is 38.1 Å². The third-order valence-corrected chi connectivity index (χ3v) is 5.33. The Morgan fingerprint density at radius 3 is 2.46 bits per heavy atom. The maximum absolute atomic E-state index is 12.9. The number of Topliss-reactive ketones (excluding diaryl/α,β-unsaturated/α-hetero) is 1. The molecule has 3 aliphatic rings. The highest BCUT2D eigenvalue weighted by Gasteiger charge is 2.56. The largest absolute Gasteiger partial charge is 0.436 e. The van der Waals surface area contributed by atoms with Crippen molar-refractivity contribution in [2.24, 2.45) is 11.3 Å². The van der Waals surface area contributed by atoms with Gasteiger partial charge in [0.25, 0.3) is 0 Å². The summed E-state index contributed by atoms with van der Waals surface area (Å²) in [4.78, 5) is 35.9. The Morgan fingerprint density at radius 1 is 1.12 bits per heavy atom. The smallest absolute Gasteiger partial charge is 0.304 e. The average Bonchev–Trinajstić information content (AvgIpc) is 2.96. The summed E-state index contributed by atoms with van der Waals surface area (Å²) in [6.07, 6.45) is 1.23. The van der Waals surface area contributed by atoms with Gasteiger partial charge < -0.3 is 23.7 Å². The van der Waals surface area contributed by atoms with Gasteiger partial charge in [-0.25, -0.2) is 0 Å². The highest BCUT2D eigenvalue weighted by Crippen LogP contribution is 2.52. The standard InChI is InChI=1S/C18H26O8/c1-11(19)24-15-10-18(9-14-22-7-8-23-14)6-4-3-5-13(21)16(18)17(26-15)25-12(2)20/h14-17H,3-10H2,1-2H3/t15-,16-,17-,18-/m1/s1. The van der Waals surface area contributed by atoms with E-state index in [-0.39, 0.29) is 5.78 Å². The first-order valence-electron chi connectivity index (χ1n) is 9.15. The first kappa shape index (κ1) is 19.3. The van der Waals surface area contributed by atoms with E-state index in [0.717, 1.165) is 19.3 Å². The highest BCUT2D eigenvalue weighted by atomic mass is 16.8. The van der Waals surface area contributed by atoms with Crippen LogP contribution in [0.2, 0.25) is 0 Å². The molecule has 0 amide bonds. The molecule has 1 aliphatic carbocycles. The summed E-state index contributed by atoms with van der Waals surface area (Å²) in [6.45, 7) is 3.59. The van der Waals surface area contributed by atoms with Crippen LogP contribution in [0.3, 0.4) is 0 Å². The lowest BCUT2D eigenvalue weighted by Crippen LogP contribution is -2.54. The molecule has 0 aromatic heterocycles.